The van der Waals surface area contributed by atoms with Gasteiger partial charge in [-0.25, -0.2) is 13.4 Å². The van der Waals surface area contributed by atoms with Gasteiger partial charge in [0.2, 0.25) is 10.0 Å². The second kappa shape index (κ2) is 12.3. The fourth-order valence-electron chi connectivity index (χ4n) is 5.10. The Balaban J connectivity index is 1.29. The molecule has 1 saturated heterocycles. The smallest absolute Gasteiger partial charge is 0.243 e. The lowest BCUT2D eigenvalue weighted by atomic mass is 9.91. The number of aromatic nitrogens is 1. The van der Waals surface area contributed by atoms with E-state index in [1.165, 1.54) is 5.56 Å². The fourth-order valence-corrected chi connectivity index (χ4v) is 7.56. The molecule has 0 saturated carbocycles. The van der Waals surface area contributed by atoms with Crippen molar-refractivity contribution in [1.29, 1.82) is 0 Å². The van der Waals surface area contributed by atoms with Crippen LogP contribution in [0.1, 0.15) is 32.3 Å². The van der Waals surface area contributed by atoms with Gasteiger partial charge in [-0.1, -0.05) is 42.5 Å². The average molecular weight is 562 g/mol. The normalized spacial score (nSPS) is 15.5. The Morgan fingerprint density at radius 1 is 0.923 bits per heavy atom. The Hall–Kier alpha value is -3.20. The minimum Gasteiger partial charge on any atom is -0.494 e. The van der Waals surface area contributed by atoms with Gasteiger partial charge in [0, 0.05) is 25.0 Å². The zero-order valence-corrected chi connectivity index (χ0v) is 24.1. The number of hydrogen-bond donors (Lipinski definition) is 0. The van der Waals surface area contributed by atoms with E-state index in [2.05, 4.69) is 41.1 Å². The number of sulfonamides is 1. The first kappa shape index (κ1) is 27.4. The van der Waals surface area contributed by atoms with Crippen LogP contribution in [0.4, 0.5) is 5.69 Å². The minimum absolute atomic E-state index is 0.352. The number of rotatable bonds is 9. The summed E-state index contributed by atoms with van der Waals surface area (Å²) in [4.78, 5) is 6.08. The first-order valence-corrected chi connectivity index (χ1v) is 15.9. The van der Waals surface area contributed by atoms with Crippen LogP contribution in [0.3, 0.4) is 0 Å². The summed E-state index contributed by atoms with van der Waals surface area (Å²) in [5.74, 6) is 1.35. The van der Waals surface area contributed by atoms with Gasteiger partial charge in [0.15, 0.2) is 4.80 Å². The van der Waals surface area contributed by atoms with Gasteiger partial charge in [-0.2, -0.15) is 4.31 Å². The summed E-state index contributed by atoms with van der Waals surface area (Å²) in [6, 6.07) is 25.5. The molecule has 5 rings (SSSR count). The second-order valence-corrected chi connectivity index (χ2v) is 12.5. The number of thiazole rings is 1. The van der Waals surface area contributed by atoms with Gasteiger partial charge in [-0.15, -0.1) is 11.3 Å². The van der Waals surface area contributed by atoms with Crippen molar-refractivity contribution in [1.82, 2.24) is 8.87 Å². The summed E-state index contributed by atoms with van der Waals surface area (Å²) in [6.07, 6.45) is 2.78. The van der Waals surface area contributed by atoms with Crippen molar-refractivity contribution in [2.45, 2.75) is 44.6 Å². The van der Waals surface area contributed by atoms with Crippen LogP contribution in [0.2, 0.25) is 0 Å². The van der Waals surface area contributed by atoms with Crippen LogP contribution in [0, 0.1) is 5.92 Å². The number of benzene rings is 3. The lowest BCUT2D eigenvalue weighted by Crippen LogP contribution is -2.38. The van der Waals surface area contributed by atoms with E-state index in [1.807, 2.05) is 49.4 Å². The maximum atomic E-state index is 13.4. The molecule has 0 unspecified atom stereocenters. The maximum Gasteiger partial charge on any atom is 0.243 e. The molecule has 2 heterocycles. The highest BCUT2D eigenvalue weighted by Crippen LogP contribution is 2.28. The molecule has 1 aliphatic heterocycles. The Morgan fingerprint density at radius 3 is 2.26 bits per heavy atom. The van der Waals surface area contributed by atoms with Crippen LogP contribution in [0.5, 0.6) is 5.75 Å². The van der Waals surface area contributed by atoms with Crippen LogP contribution in [-0.4, -0.2) is 37.0 Å². The zero-order chi connectivity index (χ0) is 27.2. The van der Waals surface area contributed by atoms with E-state index < -0.39 is 10.0 Å². The molecule has 0 bridgehead atoms. The summed E-state index contributed by atoms with van der Waals surface area (Å²) in [6.45, 7) is 6.58. The van der Waals surface area contributed by atoms with Crippen LogP contribution >= 0.6 is 11.3 Å². The lowest BCUT2D eigenvalue weighted by molar-refractivity contribution is 0.273. The third kappa shape index (κ3) is 6.35. The molecule has 0 N–H and O–H groups in total. The predicted molar refractivity (Wildman–Crippen MR) is 158 cm³/mol. The van der Waals surface area contributed by atoms with Gasteiger partial charge in [-0.05, 0) is 86.6 Å². The topological polar surface area (TPSA) is 63.9 Å². The predicted octanol–water partition coefficient (Wildman–Crippen LogP) is 6.51. The second-order valence-electron chi connectivity index (χ2n) is 9.75. The van der Waals surface area contributed by atoms with Crippen molar-refractivity contribution in [3.05, 3.63) is 94.6 Å². The number of nitrogens with zero attached hydrogens (tertiary/aromatic N) is 3. The van der Waals surface area contributed by atoms with Crippen molar-refractivity contribution in [3.63, 3.8) is 0 Å². The van der Waals surface area contributed by atoms with E-state index in [-0.39, 0.29) is 0 Å². The average Bonchev–Trinajstić information content (AvgIpc) is 3.37. The summed E-state index contributed by atoms with van der Waals surface area (Å²) in [5, 5.41) is 2.08. The Morgan fingerprint density at radius 2 is 1.62 bits per heavy atom. The Bertz CT molecular complexity index is 1530. The molecule has 0 aliphatic carbocycles. The van der Waals surface area contributed by atoms with Crippen molar-refractivity contribution in [3.8, 4) is 17.0 Å². The Kier molecular flexibility index (Phi) is 8.65. The van der Waals surface area contributed by atoms with E-state index in [0.717, 1.165) is 53.3 Å². The lowest BCUT2D eigenvalue weighted by Gasteiger charge is -2.31. The molecule has 4 aromatic rings. The number of hydrogen-bond acceptors (Lipinski definition) is 5. The molecule has 8 heteroatoms. The molecule has 1 aliphatic rings. The molecule has 0 radical (unpaired) electrons. The zero-order valence-electron chi connectivity index (χ0n) is 22.5. The van der Waals surface area contributed by atoms with Gasteiger partial charge >= 0.3 is 0 Å². The fraction of sp³-hybridized carbons (Fsp3) is 0.323. The molecular weight excluding hydrogens is 526 g/mol. The van der Waals surface area contributed by atoms with Crippen molar-refractivity contribution >= 4 is 27.0 Å². The third-order valence-electron chi connectivity index (χ3n) is 7.21. The molecule has 204 valence electrons. The molecule has 0 atom stereocenters. The summed E-state index contributed by atoms with van der Waals surface area (Å²) in [5.41, 5.74) is 4.19. The third-order valence-corrected chi connectivity index (χ3v) is 9.99. The SMILES string of the molecule is CCOc1ccc(N=c2scc(-c3ccc(S(=O)(=O)N4CCC(Cc5ccccc5)CC4)cc3)n2CC)cc1. The van der Waals surface area contributed by atoms with Crippen LogP contribution in [0.15, 0.2) is 94.1 Å². The Labute approximate surface area is 235 Å². The van der Waals surface area contributed by atoms with Crippen LogP contribution in [0.25, 0.3) is 11.3 Å². The first-order chi connectivity index (χ1) is 19.0. The van der Waals surface area contributed by atoms with Crippen LogP contribution in [-0.2, 0) is 23.0 Å². The highest BCUT2D eigenvalue weighted by atomic mass is 32.2. The van der Waals surface area contributed by atoms with Crippen molar-refractivity contribution in [2.24, 2.45) is 10.9 Å². The maximum absolute atomic E-state index is 13.4. The summed E-state index contributed by atoms with van der Waals surface area (Å²) >= 11 is 1.58. The number of ether oxygens (including phenoxy) is 1. The molecule has 6 nitrogen and oxygen atoms in total. The first-order valence-electron chi connectivity index (χ1n) is 13.6. The molecule has 0 amide bonds. The van der Waals surface area contributed by atoms with E-state index in [9.17, 15) is 8.42 Å². The van der Waals surface area contributed by atoms with Gasteiger partial charge in [0.05, 0.1) is 22.9 Å². The van der Waals surface area contributed by atoms with E-state index in [1.54, 1.807) is 27.8 Å². The van der Waals surface area contributed by atoms with E-state index >= 15 is 0 Å². The van der Waals surface area contributed by atoms with Gasteiger partial charge in [0.1, 0.15) is 5.75 Å². The number of piperidine rings is 1. The van der Waals surface area contributed by atoms with Gasteiger partial charge < -0.3 is 9.30 Å². The van der Waals surface area contributed by atoms with E-state index in [0.29, 0.717) is 30.5 Å². The van der Waals surface area contributed by atoms with E-state index in [4.69, 9.17) is 9.73 Å². The highest BCUT2D eigenvalue weighted by Gasteiger charge is 2.29. The molecular formula is C31H35N3O3S2. The summed E-state index contributed by atoms with van der Waals surface area (Å²) < 4.78 is 36.1. The molecule has 0 spiro atoms. The summed E-state index contributed by atoms with van der Waals surface area (Å²) in [7, 11) is -3.52. The van der Waals surface area contributed by atoms with Crippen molar-refractivity contribution in [2.75, 3.05) is 19.7 Å². The highest BCUT2D eigenvalue weighted by molar-refractivity contribution is 7.89. The molecule has 3 aromatic carbocycles. The van der Waals surface area contributed by atoms with Gasteiger partial charge in [-0.3, -0.25) is 0 Å². The largest absolute Gasteiger partial charge is 0.494 e. The molecule has 1 aromatic heterocycles. The van der Waals surface area contributed by atoms with Crippen LogP contribution < -0.4 is 9.54 Å². The minimum atomic E-state index is -3.52. The molecule has 1 fully saturated rings. The monoisotopic (exact) mass is 561 g/mol. The molecule has 39 heavy (non-hydrogen) atoms. The standard InChI is InChI=1S/C31H35N3O3S2/c1-3-34-30(23-38-31(34)32-27-12-14-28(15-13-27)37-4-2)26-10-16-29(17-11-26)39(35,36)33-20-18-25(19-21-33)22-24-8-6-5-7-9-24/h5-17,23,25H,3-4,18-22H2,1-2H3. The van der Waals surface area contributed by atoms with Gasteiger partial charge in [0.25, 0.3) is 0 Å². The quantitative estimate of drug-likeness (QED) is 0.234. The van der Waals surface area contributed by atoms with Crippen molar-refractivity contribution < 1.29 is 13.2 Å².